The Morgan fingerprint density at radius 3 is 1.03 bits per heavy atom. The highest BCUT2D eigenvalue weighted by molar-refractivity contribution is 5.71. The maximum Gasteiger partial charge on any atom is 0.306 e. The molecule has 366 valence electrons. The van der Waals surface area contributed by atoms with Gasteiger partial charge in [-0.25, -0.2) is 0 Å². The van der Waals surface area contributed by atoms with Crippen molar-refractivity contribution < 1.29 is 28.6 Å². The maximum absolute atomic E-state index is 12.8. The summed E-state index contributed by atoms with van der Waals surface area (Å²) in [6, 6.07) is 0. The van der Waals surface area contributed by atoms with E-state index in [1.807, 2.05) is 36.5 Å². The fourth-order valence-electron chi connectivity index (χ4n) is 6.70. The molecule has 0 radical (unpaired) electrons. The fourth-order valence-corrected chi connectivity index (χ4v) is 6.70. The number of unbranched alkanes of at least 4 members (excludes halogenated alkanes) is 21. The van der Waals surface area contributed by atoms with E-state index in [4.69, 9.17) is 14.2 Å². The van der Waals surface area contributed by atoms with Crippen molar-refractivity contribution in [3.05, 3.63) is 122 Å². The van der Waals surface area contributed by atoms with Gasteiger partial charge in [0, 0.05) is 19.3 Å². The van der Waals surface area contributed by atoms with Gasteiger partial charge in [-0.15, -0.1) is 0 Å². The molecule has 6 heteroatoms. The smallest absolute Gasteiger partial charge is 0.306 e. The summed E-state index contributed by atoms with van der Waals surface area (Å²) in [5.41, 5.74) is 0. The van der Waals surface area contributed by atoms with Crippen LogP contribution in [0.1, 0.15) is 213 Å². The Hall–Kier alpha value is -4.19. The zero-order chi connectivity index (χ0) is 47.2. The molecule has 0 aliphatic carbocycles. The van der Waals surface area contributed by atoms with E-state index in [2.05, 4.69) is 106 Å². The van der Waals surface area contributed by atoms with Crippen LogP contribution >= 0.6 is 0 Å². The first-order valence-corrected chi connectivity index (χ1v) is 26.2. The minimum atomic E-state index is -0.815. The molecule has 0 aliphatic rings. The summed E-state index contributed by atoms with van der Waals surface area (Å²) in [6.07, 6.45) is 71.7. The molecule has 0 heterocycles. The van der Waals surface area contributed by atoms with Crippen molar-refractivity contribution in [2.45, 2.75) is 219 Å². The summed E-state index contributed by atoms with van der Waals surface area (Å²) in [7, 11) is 0. The van der Waals surface area contributed by atoms with Crippen LogP contribution < -0.4 is 0 Å². The summed E-state index contributed by atoms with van der Waals surface area (Å²) < 4.78 is 16.7. The summed E-state index contributed by atoms with van der Waals surface area (Å²) >= 11 is 0. The third-order valence-electron chi connectivity index (χ3n) is 10.6. The van der Waals surface area contributed by atoms with Crippen LogP contribution in [0.25, 0.3) is 0 Å². The Bertz CT molecular complexity index is 1400. The highest BCUT2D eigenvalue weighted by atomic mass is 16.6. The topological polar surface area (TPSA) is 78.9 Å². The van der Waals surface area contributed by atoms with Gasteiger partial charge >= 0.3 is 17.9 Å². The molecule has 6 nitrogen and oxygen atoms in total. The molecule has 65 heavy (non-hydrogen) atoms. The van der Waals surface area contributed by atoms with Gasteiger partial charge in [0.05, 0.1) is 0 Å². The largest absolute Gasteiger partial charge is 0.462 e. The van der Waals surface area contributed by atoms with Crippen molar-refractivity contribution in [3.63, 3.8) is 0 Å². The first-order valence-electron chi connectivity index (χ1n) is 26.2. The summed E-state index contributed by atoms with van der Waals surface area (Å²) in [5, 5.41) is 0. The molecule has 0 aliphatic heterocycles. The molecule has 0 saturated carbocycles. The van der Waals surface area contributed by atoms with E-state index in [9.17, 15) is 14.4 Å². The lowest BCUT2D eigenvalue weighted by atomic mass is 10.1. The van der Waals surface area contributed by atoms with Gasteiger partial charge in [0.25, 0.3) is 0 Å². The lowest BCUT2D eigenvalue weighted by Crippen LogP contribution is -2.30. The van der Waals surface area contributed by atoms with E-state index in [0.29, 0.717) is 12.8 Å². The zero-order valence-electron chi connectivity index (χ0n) is 41.7. The number of rotatable bonds is 45. The van der Waals surface area contributed by atoms with E-state index in [-0.39, 0.29) is 37.5 Å². The second-order valence-electron chi connectivity index (χ2n) is 16.9. The minimum absolute atomic E-state index is 0.112. The average Bonchev–Trinajstić information content (AvgIpc) is 3.30. The second-order valence-corrected chi connectivity index (χ2v) is 16.9. The van der Waals surface area contributed by atoms with Gasteiger partial charge in [-0.2, -0.15) is 0 Å². The van der Waals surface area contributed by atoms with E-state index in [0.717, 1.165) is 122 Å². The Labute approximate surface area is 399 Å². The van der Waals surface area contributed by atoms with Crippen LogP contribution in [0.4, 0.5) is 0 Å². The lowest BCUT2D eigenvalue weighted by molar-refractivity contribution is -0.167. The fraction of sp³-hybridized carbons (Fsp3) is 0.610. The molecular weight excluding hydrogens is 805 g/mol. The van der Waals surface area contributed by atoms with E-state index >= 15 is 0 Å². The van der Waals surface area contributed by atoms with E-state index < -0.39 is 6.10 Å². The summed E-state index contributed by atoms with van der Waals surface area (Å²) in [4.78, 5) is 38.0. The Morgan fingerprint density at radius 1 is 0.323 bits per heavy atom. The molecule has 0 saturated heterocycles. The van der Waals surface area contributed by atoms with Crippen LogP contribution in [-0.2, 0) is 28.6 Å². The number of hydrogen-bond acceptors (Lipinski definition) is 6. The molecule has 0 amide bonds. The van der Waals surface area contributed by atoms with Gasteiger partial charge in [-0.1, -0.05) is 232 Å². The Kier molecular flexibility index (Phi) is 49.1. The molecule has 0 aromatic carbocycles. The van der Waals surface area contributed by atoms with Gasteiger partial charge in [0.2, 0.25) is 0 Å². The number of esters is 3. The van der Waals surface area contributed by atoms with Gasteiger partial charge in [-0.3, -0.25) is 14.4 Å². The third kappa shape index (κ3) is 50.7. The predicted octanol–water partition coefficient (Wildman–Crippen LogP) is 17.3. The highest BCUT2D eigenvalue weighted by Gasteiger charge is 2.19. The molecular formula is C59H94O6. The van der Waals surface area contributed by atoms with Gasteiger partial charge in [0.15, 0.2) is 6.10 Å². The lowest BCUT2D eigenvalue weighted by Gasteiger charge is -2.18. The minimum Gasteiger partial charge on any atom is -0.462 e. The number of hydrogen-bond donors (Lipinski definition) is 0. The molecule has 0 rings (SSSR count). The highest BCUT2D eigenvalue weighted by Crippen LogP contribution is 2.13. The third-order valence-corrected chi connectivity index (χ3v) is 10.6. The average molecular weight is 899 g/mol. The number of allylic oxidation sites excluding steroid dienone is 20. The number of ether oxygens (including phenoxy) is 3. The Morgan fingerprint density at radius 2 is 0.631 bits per heavy atom. The van der Waals surface area contributed by atoms with Gasteiger partial charge in [0.1, 0.15) is 13.2 Å². The zero-order valence-corrected chi connectivity index (χ0v) is 41.7. The molecule has 1 atom stereocenters. The number of carbonyl (C=O) groups is 3. The second kappa shape index (κ2) is 52.4. The van der Waals surface area contributed by atoms with Crippen LogP contribution in [0.3, 0.4) is 0 Å². The van der Waals surface area contributed by atoms with Crippen molar-refractivity contribution in [1.82, 2.24) is 0 Å². The quantitative estimate of drug-likeness (QED) is 0.0262. The van der Waals surface area contributed by atoms with E-state index in [1.165, 1.54) is 51.4 Å². The molecule has 0 aromatic heterocycles. The SMILES string of the molecule is CC/C=C/C=C/C=C/CCCCCCCC(=O)OCC(COC(=O)CCCCCCC/C=C/C=C/C=C/C=C/C=C/CCC)OC(=O)CCCCC/C=C/C=C/CCCCCCCCC. The first kappa shape index (κ1) is 60.8. The molecule has 0 fully saturated rings. The summed E-state index contributed by atoms with van der Waals surface area (Å²) in [6.45, 7) is 6.33. The van der Waals surface area contributed by atoms with Crippen molar-refractivity contribution in [1.29, 1.82) is 0 Å². The van der Waals surface area contributed by atoms with Crippen LogP contribution in [0.15, 0.2) is 122 Å². The van der Waals surface area contributed by atoms with Crippen molar-refractivity contribution in [2.75, 3.05) is 13.2 Å². The van der Waals surface area contributed by atoms with Crippen LogP contribution in [0.2, 0.25) is 0 Å². The predicted molar refractivity (Wildman–Crippen MR) is 279 cm³/mol. The van der Waals surface area contributed by atoms with Crippen LogP contribution in [0, 0.1) is 0 Å². The maximum atomic E-state index is 12.8. The van der Waals surface area contributed by atoms with Crippen LogP contribution in [0.5, 0.6) is 0 Å². The van der Waals surface area contributed by atoms with E-state index in [1.54, 1.807) is 0 Å². The van der Waals surface area contributed by atoms with Crippen LogP contribution in [-0.4, -0.2) is 37.2 Å². The first-order chi connectivity index (χ1) is 32.0. The van der Waals surface area contributed by atoms with Crippen molar-refractivity contribution >= 4 is 17.9 Å². The molecule has 1 unspecified atom stereocenters. The molecule has 0 bridgehead atoms. The van der Waals surface area contributed by atoms with Crippen molar-refractivity contribution in [3.8, 4) is 0 Å². The molecule has 0 spiro atoms. The molecule has 0 N–H and O–H groups in total. The molecule has 0 aromatic rings. The summed E-state index contributed by atoms with van der Waals surface area (Å²) in [5.74, 6) is -0.989. The number of carbonyl (C=O) groups excluding carboxylic acids is 3. The Balaban J connectivity index is 4.53. The van der Waals surface area contributed by atoms with Gasteiger partial charge in [-0.05, 0) is 83.5 Å². The normalized spacial score (nSPS) is 13.1. The van der Waals surface area contributed by atoms with Crippen molar-refractivity contribution in [2.24, 2.45) is 0 Å². The standard InChI is InChI=1S/C59H94O6/c1-4-7-10-13-16-19-22-25-27-29-30-32-34-37-40-43-46-49-52-58(61)64-55-56(54-63-57(60)51-48-45-42-39-36-33-24-21-18-15-12-9-6-3)65-59(62)53-50-47-44-41-38-35-31-28-26-23-20-17-14-11-8-5-2/h9-10,12-13,15-16,18-19,21-22,24-25,27-32,35,38,56H,4-8,11,14,17,20,23,26,33-34,36-37,39-55H2,1-3H3/b12-9+,13-10+,18-15+,19-16+,24-21+,25-22+,29-27+,31-28+,32-30+,38-35+. The monoisotopic (exact) mass is 899 g/mol. The van der Waals surface area contributed by atoms with Gasteiger partial charge < -0.3 is 14.2 Å².